The molecule has 0 bridgehead atoms. The Balaban J connectivity index is 1.89. The number of hydrogen-bond acceptors (Lipinski definition) is 4. The first-order valence-corrected chi connectivity index (χ1v) is 9.14. The van der Waals surface area contributed by atoms with Gasteiger partial charge >= 0.3 is 6.09 Å². The monoisotopic (exact) mass is 420 g/mol. The van der Waals surface area contributed by atoms with E-state index in [0.717, 1.165) is 5.69 Å². The summed E-state index contributed by atoms with van der Waals surface area (Å²) in [6, 6.07) is 13.4. The van der Waals surface area contributed by atoms with Crippen molar-refractivity contribution in [1.29, 1.82) is 0 Å². The van der Waals surface area contributed by atoms with E-state index in [1.807, 2.05) is 0 Å². The van der Waals surface area contributed by atoms with Crippen LogP contribution in [0.2, 0.25) is 5.02 Å². The average Bonchev–Trinajstić information content (AvgIpc) is 2.60. The molecule has 2 aromatic carbocycles. The third-order valence-corrected chi connectivity index (χ3v) is 3.62. The number of hydrazine groups is 1. The minimum Gasteiger partial charge on any atom is -0.444 e. The highest BCUT2D eigenvalue weighted by atomic mass is 35.5. The van der Waals surface area contributed by atoms with Crippen molar-refractivity contribution in [2.24, 2.45) is 0 Å². The van der Waals surface area contributed by atoms with Crippen LogP contribution in [0.3, 0.4) is 0 Å². The van der Waals surface area contributed by atoms with E-state index in [1.54, 1.807) is 63.2 Å². The summed E-state index contributed by atoms with van der Waals surface area (Å²) < 4.78 is 5.19. The minimum absolute atomic E-state index is 0.207. The third kappa shape index (κ3) is 7.42. The molecule has 0 spiro atoms. The Labute approximate surface area is 173 Å². The van der Waals surface area contributed by atoms with Crippen LogP contribution < -0.4 is 21.5 Å². The van der Waals surface area contributed by atoms with Gasteiger partial charge in [-0.25, -0.2) is 4.79 Å². The van der Waals surface area contributed by atoms with Crippen molar-refractivity contribution in [2.45, 2.75) is 26.4 Å². The number of anilines is 2. The van der Waals surface area contributed by atoms with E-state index in [1.165, 1.54) is 6.07 Å². The Hall–Kier alpha value is -2.84. The molecule has 0 aromatic heterocycles. The van der Waals surface area contributed by atoms with Crippen LogP contribution in [-0.2, 0) is 4.74 Å². The van der Waals surface area contributed by atoms with Crippen molar-refractivity contribution >= 4 is 52.3 Å². The number of hydrogen-bond donors (Lipinski definition) is 4. The first-order chi connectivity index (χ1) is 13.1. The van der Waals surface area contributed by atoms with Crippen LogP contribution in [0.5, 0.6) is 0 Å². The highest BCUT2D eigenvalue weighted by Gasteiger charge is 2.16. The lowest BCUT2D eigenvalue weighted by molar-refractivity contribution is 0.0635. The van der Waals surface area contributed by atoms with Gasteiger partial charge in [-0.05, 0) is 75.5 Å². The first kappa shape index (κ1) is 21.5. The molecule has 2 aromatic rings. The van der Waals surface area contributed by atoms with Crippen LogP contribution in [0.15, 0.2) is 48.5 Å². The van der Waals surface area contributed by atoms with Crippen molar-refractivity contribution in [3.8, 4) is 0 Å². The molecule has 0 unspecified atom stereocenters. The zero-order valence-corrected chi connectivity index (χ0v) is 17.2. The molecular weight excluding hydrogens is 400 g/mol. The van der Waals surface area contributed by atoms with Gasteiger partial charge in [0.05, 0.1) is 0 Å². The Morgan fingerprint density at radius 2 is 1.64 bits per heavy atom. The zero-order chi connectivity index (χ0) is 20.7. The number of benzene rings is 2. The molecule has 2 amide bonds. The topological polar surface area (TPSA) is 91.5 Å². The standard InChI is InChI=1S/C19H21ClN4O3S/c1-19(2,3)27-18(26)22-15-6-4-5-12(11-15)16(25)23-24-17(28)21-14-9-7-13(20)8-10-14/h4-11H,1-3H3,(H,22,26)(H,23,25)(H2,21,24,28). The van der Waals surface area contributed by atoms with Gasteiger partial charge in [-0.1, -0.05) is 17.7 Å². The summed E-state index contributed by atoms with van der Waals surface area (Å²) in [5.74, 6) is -0.423. The number of carbonyl (C=O) groups is 2. The summed E-state index contributed by atoms with van der Waals surface area (Å²) in [5.41, 5.74) is 5.97. The van der Waals surface area contributed by atoms with Crippen molar-refractivity contribution in [3.63, 3.8) is 0 Å². The van der Waals surface area contributed by atoms with Gasteiger partial charge in [0, 0.05) is 22.0 Å². The lowest BCUT2D eigenvalue weighted by atomic mass is 10.2. The third-order valence-electron chi connectivity index (χ3n) is 3.16. The smallest absolute Gasteiger partial charge is 0.412 e. The van der Waals surface area contributed by atoms with E-state index >= 15 is 0 Å². The van der Waals surface area contributed by atoms with Crippen molar-refractivity contribution in [1.82, 2.24) is 10.9 Å². The fourth-order valence-electron chi connectivity index (χ4n) is 2.04. The van der Waals surface area contributed by atoms with Gasteiger partial charge < -0.3 is 10.1 Å². The number of ether oxygens (including phenoxy) is 1. The minimum atomic E-state index is -0.615. The second-order valence-corrected chi connectivity index (χ2v) is 7.59. The lowest BCUT2D eigenvalue weighted by Gasteiger charge is -2.19. The van der Waals surface area contributed by atoms with Crippen molar-refractivity contribution in [3.05, 3.63) is 59.1 Å². The highest BCUT2D eigenvalue weighted by Crippen LogP contribution is 2.14. The van der Waals surface area contributed by atoms with Gasteiger partial charge in [0.15, 0.2) is 5.11 Å². The number of nitrogens with one attached hydrogen (secondary N) is 4. The number of rotatable bonds is 3. The van der Waals surface area contributed by atoms with E-state index in [0.29, 0.717) is 16.3 Å². The lowest BCUT2D eigenvalue weighted by Crippen LogP contribution is -2.43. The van der Waals surface area contributed by atoms with E-state index in [-0.39, 0.29) is 5.11 Å². The van der Waals surface area contributed by atoms with E-state index in [9.17, 15) is 9.59 Å². The van der Waals surface area contributed by atoms with Crippen LogP contribution in [0.4, 0.5) is 16.2 Å². The first-order valence-electron chi connectivity index (χ1n) is 8.35. The number of halogens is 1. The van der Waals surface area contributed by atoms with Crippen molar-refractivity contribution in [2.75, 3.05) is 10.6 Å². The number of thiocarbonyl (C=S) groups is 1. The van der Waals surface area contributed by atoms with Gasteiger partial charge in [-0.3, -0.25) is 21.0 Å². The van der Waals surface area contributed by atoms with Gasteiger partial charge in [0.1, 0.15) is 5.60 Å². The molecule has 0 saturated carbocycles. The van der Waals surface area contributed by atoms with E-state index in [4.69, 9.17) is 28.6 Å². The normalized spacial score (nSPS) is 10.6. The molecule has 148 valence electrons. The Kier molecular flexibility index (Phi) is 7.19. The molecular formula is C19H21ClN4O3S. The molecule has 2 rings (SSSR count). The van der Waals surface area contributed by atoms with Crippen LogP contribution >= 0.6 is 23.8 Å². The zero-order valence-electron chi connectivity index (χ0n) is 15.6. The van der Waals surface area contributed by atoms with Crippen LogP contribution in [0.1, 0.15) is 31.1 Å². The molecule has 0 aliphatic heterocycles. The summed E-state index contributed by atoms with van der Waals surface area (Å²) in [5, 5.41) is 6.31. The van der Waals surface area contributed by atoms with Crippen molar-refractivity contribution < 1.29 is 14.3 Å². The van der Waals surface area contributed by atoms with Crippen LogP contribution in [0.25, 0.3) is 0 Å². The molecule has 9 heteroatoms. The maximum Gasteiger partial charge on any atom is 0.412 e. The van der Waals surface area contributed by atoms with E-state index in [2.05, 4.69) is 21.5 Å². The van der Waals surface area contributed by atoms with Gasteiger partial charge in [-0.2, -0.15) is 0 Å². The van der Waals surface area contributed by atoms with Crippen LogP contribution in [-0.4, -0.2) is 22.7 Å². The maximum atomic E-state index is 12.3. The van der Waals surface area contributed by atoms with E-state index < -0.39 is 17.6 Å². The highest BCUT2D eigenvalue weighted by molar-refractivity contribution is 7.80. The molecule has 28 heavy (non-hydrogen) atoms. The molecule has 4 N–H and O–H groups in total. The Morgan fingerprint density at radius 1 is 0.964 bits per heavy atom. The fourth-order valence-corrected chi connectivity index (χ4v) is 2.34. The molecule has 0 aliphatic carbocycles. The second-order valence-electron chi connectivity index (χ2n) is 6.75. The molecule has 0 heterocycles. The molecule has 0 saturated heterocycles. The molecule has 0 aliphatic rings. The van der Waals surface area contributed by atoms with Gasteiger partial charge in [0.2, 0.25) is 0 Å². The second kappa shape index (κ2) is 9.38. The molecule has 0 fully saturated rings. The quantitative estimate of drug-likeness (QED) is 0.436. The maximum absolute atomic E-state index is 12.3. The summed E-state index contributed by atoms with van der Waals surface area (Å²) in [7, 11) is 0. The van der Waals surface area contributed by atoms with Gasteiger partial charge in [0.25, 0.3) is 5.91 Å². The summed E-state index contributed by atoms with van der Waals surface area (Å²) in [6.07, 6.45) is -0.600. The fraction of sp³-hybridized carbons (Fsp3) is 0.211. The summed E-state index contributed by atoms with van der Waals surface area (Å²) in [6.45, 7) is 5.30. The number of carbonyl (C=O) groups excluding carboxylic acids is 2. The molecule has 0 radical (unpaired) electrons. The largest absolute Gasteiger partial charge is 0.444 e. The van der Waals surface area contributed by atoms with Crippen LogP contribution in [0, 0.1) is 0 Å². The van der Waals surface area contributed by atoms with Gasteiger partial charge in [-0.15, -0.1) is 0 Å². The Morgan fingerprint density at radius 3 is 2.29 bits per heavy atom. The number of amides is 2. The predicted octanol–water partition coefficient (Wildman–Crippen LogP) is 4.32. The molecule has 7 nitrogen and oxygen atoms in total. The molecule has 0 atom stereocenters. The summed E-state index contributed by atoms with van der Waals surface area (Å²) >= 11 is 11.0. The SMILES string of the molecule is CC(C)(C)OC(=O)Nc1cccc(C(=O)NNC(=S)Nc2ccc(Cl)cc2)c1. The average molecular weight is 421 g/mol. The summed E-state index contributed by atoms with van der Waals surface area (Å²) in [4.78, 5) is 24.1. The predicted molar refractivity (Wildman–Crippen MR) is 115 cm³/mol. The Bertz CT molecular complexity index is 866.